The van der Waals surface area contributed by atoms with Crippen molar-refractivity contribution >= 4 is 31.6 Å². The van der Waals surface area contributed by atoms with Gasteiger partial charge in [-0.25, -0.2) is 16.8 Å². The summed E-state index contributed by atoms with van der Waals surface area (Å²) in [5, 5.41) is 0. The summed E-state index contributed by atoms with van der Waals surface area (Å²) in [7, 11) is -7.59. The van der Waals surface area contributed by atoms with Crippen molar-refractivity contribution in [2.75, 3.05) is 30.9 Å². The summed E-state index contributed by atoms with van der Waals surface area (Å²) in [5.41, 5.74) is 4.00. The first-order valence-electron chi connectivity index (χ1n) is 12.0. The monoisotopic (exact) mass is 541 g/mol. The lowest BCUT2D eigenvalue weighted by Gasteiger charge is -2.34. The second-order valence-electron chi connectivity index (χ2n) is 9.34. The molecule has 8 nitrogen and oxygen atoms in total. The molecule has 0 aliphatic carbocycles. The summed E-state index contributed by atoms with van der Waals surface area (Å²) < 4.78 is 56.5. The van der Waals surface area contributed by atoms with Crippen LogP contribution in [0.4, 0.5) is 5.69 Å². The maximum atomic E-state index is 13.3. The van der Waals surface area contributed by atoms with Gasteiger partial charge in [-0.2, -0.15) is 4.31 Å². The molecule has 0 unspecified atom stereocenters. The van der Waals surface area contributed by atoms with E-state index in [9.17, 15) is 21.6 Å². The largest absolute Gasteiger partial charge is 0.336 e. The third-order valence-corrected chi connectivity index (χ3v) is 10.2. The van der Waals surface area contributed by atoms with Gasteiger partial charge in [-0.15, -0.1) is 0 Å². The number of aryl methyl sites for hydroxylation is 3. The van der Waals surface area contributed by atoms with Crippen LogP contribution in [0, 0.1) is 27.7 Å². The quantitative estimate of drug-likeness (QED) is 0.510. The molecule has 0 atom stereocenters. The minimum absolute atomic E-state index is 0.0276. The van der Waals surface area contributed by atoms with Crippen molar-refractivity contribution in [3.8, 4) is 0 Å². The van der Waals surface area contributed by atoms with Gasteiger partial charge in [-0.1, -0.05) is 35.9 Å². The molecule has 1 aliphatic rings. The number of hydrogen-bond donors (Lipinski definition) is 1. The average Bonchev–Trinajstić information content (AvgIpc) is 2.87. The van der Waals surface area contributed by atoms with Crippen LogP contribution in [0.5, 0.6) is 0 Å². The van der Waals surface area contributed by atoms with Gasteiger partial charge in [-0.3, -0.25) is 9.52 Å². The smallest absolute Gasteiger partial charge is 0.262 e. The molecular formula is C27H31N3O5S2. The Hall–Kier alpha value is -3.21. The highest BCUT2D eigenvalue weighted by atomic mass is 32.2. The number of rotatable bonds is 6. The fraction of sp³-hybridized carbons (Fsp3) is 0.296. The van der Waals surface area contributed by atoms with Crippen molar-refractivity contribution in [2.24, 2.45) is 0 Å². The summed E-state index contributed by atoms with van der Waals surface area (Å²) in [5.74, 6) is -0.337. The number of sulfonamides is 2. The predicted octanol–water partition coefficient (Wildman–Crippen LogP) is 3.87. The first-order valence-corrected chi connectivity index (χ1v) is 14.9. The van der Waals surface area contributed by atoms with E-state index in [0.717, 1.165) is 16.7 Å². The van der Waals surface area contributed by atoms with Gasteiger partial charge in [-0.05, 0) is 74.7 Å². The lowest BCUT2D eigenvalue weighted by molar-refractivity contribution is 0.0697. The van der Waals surface area contributed by atoms with Gasteiger partial charge in [0.05, 0.1) is 15.5 Å². The Morgan fingerprint density at radius 3 is 2.08 bits per heavy atom. The second kappa shape index (κ2) is 10.3. The summed E-state index contributed by atoms with van der Waals surface area (Å²) in [6, 6.07) is 16.7. The molecular weight excluding hydrogens is 510 g/mol. The first kappa shape index (κ1) is 26.8. The Morgan fingerprint density at radius 1 is 0.784 bits per heavy atom. The Balaban J connectivity index is 1.50. The maximum Gasteiger partial charge on any atom is 0.262 e. The molecule has 0 aromatic heterocycles. The van der Waals surface area contributed by atoms with Gasteiger partial charge >= 0.3 is 0 Å². The predicted molar refractivity (Wildman–Crippen MR) is 144 cm³/mol. The molecule has 1 N–H and O–H groups in total. The molecule has 1 amide bonds. The minimum atomic E-state index is -3.94. The SMILES string of the molecule is Cc1ccc(S(=O)(=O)N2CCN(C(=O)c3ccc(C)c(S(=O)(=O)Nc4cccc(C)c4C)c3)CC2)cc1. The summed E-state index contributed by atoms with van der Waals surface area (Å²) in [6.07, 6.45) is 0. The van der Waals surface area contributed by atoms with Crippen LogP contribution < -0.4 is 4.72 Å². The van der Waals surface area contributed by atoms with Crippen LogP contribution >= 0.6 is 0 Å². The summed E-state index contributed by atoms with van der Waals surface area (Å²) >= 11 is 0. The van der Waals surface area contributed by atoms with E-state index in [4.69, 9.17) is 0 Å². The zero-order chi connectivity index (χ0) is 27.0. The van der Waals surface area contributed by atoms with Crippen molar-refractivity contribution < 1.29 is 21.6 Å². The van der Waals surface area contributed by atoms with E-state index in [0.29, 0.717) is 11.3 Å². The molecule has 1 aliphatic heterocycles. The molecule has 10 heteroatoms. The summed E-state index contributed by atoms with van der Waals surface area (Å²) in [6.45, 7) is 8.06. The van der Waals surface area contributed by atoms with Crippen LogP contribution in [0.1, 0.15) is 32.6 Å². The van der Waals surface area contributed by atoms with Crippen LogP contribution in [-0.4, -0.2) is 58.1 Å². The van der Waals surface area contributed by atoms with Crippen molar-refractivity contribution in [1.82, 2.24) is 9.21 Å². The van der Waals surface area contributed by atoms with Gasteiger partial charge in [0.25, 0.3) is 15.9 Å². The third kappa shape index (κ3) is 5.56. The third-order valence-electron chi connectivity index (χ3n) is 6.76. The number of carbonyl (C=O) groups excluding carboxylic acids is 1. The molecule has 1 heterocycles. The van der Waals surface area contributed by atoms with E-state index < -0.39 is 20.0 Å². The fourth-order valence-electron chi connectivity index (χ4n) is 4.26. The topological polar surface area (TPSA) is 104 Å². The van der Waals surface area contributed by atoms with Gasteiger partial charge in [0.15, 0.2) is 0 Å². The summed E-state index contributed by atoms with van der Waals surface area (Å²) in [4.78, 5) is 15.1. The number of carbonyl (C=O) groups is 1. The first-order chi connectivity index (χ1) is 17.4. The van der Waals surface area contributed by atoms with Crippen molar-refractivity contribution in [2.45, 2.75) is 37.5 Å². The Bertz CT molecular complexity index is 1540. The molecule has 0 saturated carbocycles. The number of amides is 1. The van der Waals surface area contributed by atoms with E-state index in [-0.39, 0.29) is 47.4 Å². The molecule has 0 radical (unpaired) electrons. The van der Waals surface area contributed by atoms with E-state index in [1.165, 1.54) is 10.4 Å². The van der Waals surface area contributed by atoms with Crippen LogP contribution in [0.3, 0.4) is 0 Å². The lowest BCUT2D eigenvalue weighted by Crippen LogP contribution is -2.50. The van der Waals surface area contributed by atoms with E-state index >= 15 is 0 Å². The molecule has 0 spiro atoms. The molecule has 196 valence electrons. The Morgan fingerprint density at radius 2 is 1.43 bits per heavy atom. The molecule has 0 bridgehead atoms. The molecule has 4 rings (SSSR count). The molecule has 1 saturated heterocycles. The van der Waals surface area contributed by atoms with Crippen LogP contribution in [0.15, 0.2) is 70.5 Å². The van der Waals surface area contributed by atoms with Gasteiger partial charge in [0.2, 0.25) is 10.0 Å². The second-order valence-corrected chi connectivity index (χ2v) is 12.9. The Labute approximate surface area is 219 Å². The van der Waals surface area contributed by atoms with Gasteiger partial charge in [0, 0.05) is 31.7 Å². The lowest BCUT2D eigenvalue weighted by atomic mass is 10.1. The number of anilines is 1. The molecule has 1 fully saturated rings. The van der Waals surface area contributed by atoms with Gasteiger partial charge in [0.1, 0.15) is 0 Å². The average molecular weight is 542 g/mol. The van der Waals surface area contributed by atoms with Crippen molar-refractivity contribution in [1.29, 1.82) is 0 Å². The molecule has 3 aromatic rings. The number of nitrogens with one attached hydrogen (secondary N) is 1. The number of benzene rings is 3. The minimum Gasteiger partial charge on any atom is -0.336 e. The van der Waals surface area contributed by atoms with E-state index in [1.807, 2.05) is 26.8 Å². The maximum absolute atomic E-state index is 13.3. The van der Waals surface area contributed by atoms with Crippen molar-refractivity contribution in [3.63, 3.8) is 0 Å². The van der Waals surface area contributed by atoms with E-state index in [1.54, 1.807) is 60.4 Å². The normalized spacial score (nSPS) is 15.0. The highest BCUT2D eigenvalue weighted by Crippen LogP contribution is 2.25. The molecule has 3 aromatic carbocycles. The van der Waals surface area contributed by atoms with E-state index in [2.05, 4.69) is 4.72 Å². The number of nitrogens with zero attached hydrogens (tertiary/aromatic N) is 2. The fourth-order valence-corrected chi connectivity index (χ4v) is 7.07. The highest BCUT2D eigenvalue weighted by Gasteiger charge is 2.31. The number of hydrogen-bond acceptors (Lipinski definition) is 5. The standard InChI is InChI=1S/C27H31N3O5S2/c1-19-8-12-24(13-9-19)37(34,35)30-16-14-29(15-17-30)27(31)23-11-10-21(3)26(18-23)36(32,33)28-25-7-5-6-20(2)22(25)4/h5-13,18,28H,14-17H2,1-4H3. The zero-order valence-electron chi connectivity index (χ0n) is 21.4. The highest BCUT2D eigenvalue weighted by molar-refractivity contribution is 7.92. The molecule has 37 heavy (non-hydrogen) atoms. The van der Waals surface area contributed by atoms with Crippen LogP contribution in [0.2, 0.25) is 0 Å². The Kier molecular flexibility index (Phi) is 7.45. The van der Waals surface area contributed by atoms with Crippen molar-refractivity contribution in [3.05, 3.63) is 88.5 Å². The number of piperazine rings is 1. The van der Waals surface area contributed by atoms with Crippen LogP contribution in [-0.2, 0) is 20.0 Å². The van der Waals surface area contributed by atoms with Crippen LogP contribution in [0.25, 0.3) is 0 Å². The zero-order valence-corrected chi connectivity index (χ0v) is 23.0. The van der Waals surface area contributed by atoms with Gasteiger partial charge < -0.3 is 4.90 Å².